The summed E-state index contributed by atoms with van der Waals surface area (Å²) >= 11 is 0. The lowest BCUT2D eigenvalue weighted by atomic mass is 10.1. The van der Waals surface area contributed by atoms with E-state index in [2.05, 4.69) is 0 Å². The summed E-state index contributed by atoms with van der Waals surface area (Å²) in [6, 6.07) is 6.76. The Morgan fingerprint density at radius 2 is 2.19 bits per heavy atom. The molecule has 1 atom stereocenters. The number of benzene rings is 1. The van der Waals surface area contributed by atoms with E-state index in [-0.39, 0.29) is 5.56 Å². The van der Waals surface area contributed by atoms with Crippen LogP contribution in [-0.2, 0) is 0 Å². The van der Waals surface area contributed by atoms with Gasteiger partial charge in [-0.05, 0) is 25.0 Å². The molecule has 3 nitrogen and oxygen atoms in total. The maximum Gasteiger partial charge on any atom is 0.337 e. The Kier molecular flexibility index (Phi) is 3.08. The summed E-state index contributed by atoms with van der Waals surface area (Å²) in [5, 5.41) is 9.04. The van der Waals surface area contributed by atoms with Crippen LogP contribution < -0.4 is 4.90 Å². The fourth-order valence-electron chi connectivity index (χ4n) is 2.07. The lowest BCUT2D eigenvalue weighted by Gasteiger charge is -2.31. The van der Waals surface area contributed by atoms with Gasteiger partial charge in [0.1, 0.15) is 6.17 Å². The molecule has 0 saturated carbocycles. The Morgan fingerprint density at radius 3 is 2.88 bits per heavy atom. The van der Waals surface area contributed by atoms with Gasteiger partial charge in [-0.25, -0.2) is 9.18 Å². The molecule has 16 heavy (non-hydrogen) atoms. The number of nitrogens with zero attached hydrogens (tertiary/aromatic N) is 1. The van der Waals surface area contributed by atoms with Crippen molar-refractivity contribution >= 4 is 11.7 Å². The van der Waals surface area contributed by atoms with Crippen molar-refractivity contribution in [3.8, 4) is 0 Å². The van der Waals surface area contributed by atoms with Crippen LogP contribution in [0.1, 0.15) is 23.2 Å². The normalized spacial score (nSPS) is 20.8. The maximum absolute atomic E-state index is 13.3. The molecule has 86 valence electrons. The molecule has 4 heteroatoms. The maximum atomic E-state index is 13.3. The Balaban J connectivity index is 2.28. The van der Waals surface area contributed by atoms with Gasteiger partial charge in [-0.1, -0.05) is 12.1 Å². The number of anilines is 1. The molecule has 1 N–H and O–H groups in total. The zero-order valence-corrected chi connectivity index (χ0v) is 8.90. The van der Waals surface area contributed by atoms with Crippen molar-refractivity contribution in [2.24, 2.45) is 0 Å². The number of aromatic carboxylic acids is 1. The summed E-state index contributed by atoms with van der Waals surface area (Å²) in [6.07, 6.45) is 0.497. The highest BCUT2D eigenvalue weighted by Gasteiger charge is 2.22. The summed E-state index contributed by atoms with van der Waals surface area (Å²) in [5.41, 5.74) is 0.869. The van der Waals surface area contributed by atoms with Gasteiger partial charge in [0.2, 0.25) is 0 Å². The predicted octanol–water partition coefficient (Wildman–Crippen LogP) is 2.32. The van der Waals surface area contributed by atoms with Gasteiger partial charge in [-0.3, -0.25) is 0 Å². The van der Waals surface area contributed by atoms with Crippen LogP contribution in [0.4, 0.5) is 10.1 Å². The van der Waals surface area contributed by atoms with Crippen molar-refractivity contribution in [2.45, 2.75) is 19.0 Å². The third kappa shape index (κ3) is 2.15. The van der Waals surface area contributed by atoms with Crippen molar-refractivity contribution in [1.29, 1.82) is 0 Å². The van der Waals surface area contributed by atoms with Crippen LogP contribution in [0.5, 0.6) is 0 Å². The van der Waals surface area contributed by atoms with E-state index in [1.165, 1.54) is 0 Å². The van der Waals surface area contributed by atoms with Crippen molar-refractivity contribution < 1.29 is 14.3 Å². The smallest absolute Gasteiger partial charge is 0.337 e. The largest absolute Gasteiger partial charge is 0.478 e. The van der Waals surface area contributed by atoms with Gasteiger partial charge >= 0.3 is 5.97 Å². The number of hydrogen-bond acceptors (Lipinski definition) is 2. The number of piperidine rings is 1. The van der Waals surface area contributed by atoms with Crippen LogP contribution in [0.15, 0.2) is 24.3 Å². The number of para-hydroxylation sites is 1. The molecular weight excluding hydrogens is 209 g/mol. The molecular formula is C12H14FNO2. The first-order valence-electron chi connectivity index (χ1n) is 5.40. The summed E-state index contributed by atoms with van der Waals surface area (Å²) < 4.78 is 13.3. The van der Waals surface area contributed by atoms with Crippen molar-refractivity contribution in [2.75, 3.05) is 18.0 Å². The summed E-state index contributed by atoms with van der Waals surface area (Å²) in [6.45, 7) is 1.02. The van der Waals surface area contributed by atoms with Gasteiger partial charge in [0.15, 0.2) is 0 Å². The molecule has 1 heterocycles. The van der Waals surface area contributed by atoms with E-state index in [1.54, 1.807) is 24.3 Å². The van der Waals surface area contributed by atoms with Crippen LogP contribution in [0.25, 0.3) is 0 Å². The van der Waals surface area contributed by atoms with Gasteiger partial charge < -0.3 is 10.0 Å². The van der Waals surface area contributed by atoms with E-state index >= 15 is 0 Å². The predicted molar refractivity (Wildman–Crippen MR) is 59.7 cm³/mol. The summed E-state index contributed by atoms with van der Waals surface area (Å²) in [7, 11) is 0. The number of rotatable bonds is 2. The zero-order valence-electron chi connectivity index (χ0n) is 8.90. The highest BCUT2D eigenvalue weighted by molar-refractivity contribution is 5.94. The van der Waals surface area contributed by atoms with Crippen molar-refractivity contribution in [1.82, 2.24) is 0 Å². The molecule has 0 bridgehead atoms. The fourth-order valence-corrected chi connectivity index (χ4v) is 2.07. The molecule has 0 aliphatic carbocycles. The SMILES string of the molecule is O=C(O)c1ccccc1N1CCC[C@@H](F)C1. The summed E-state index contributed by atoms with van der Waals surface area (Å²) in [5.74, 6) is -0.961. The highest BCUT2D eigenvalue weighted by Crippen LogP contribution is 2.25. The van der Waals surface area contributed by atoms with E-state index in [1.807, 2.05) is 4.90 Å². The topological polar surface area (TPSA) is 40.5 Å². The minimum atomic E-state index is -0.961. The second-order valence-corrected chi connectivity index (χ2v) is 4.01. The number of hydrogen-bond donors (Lipinski definition) is 1. The van der Waals surface area contributed by atoms with Crippen LogP contribution in [0, 0.1) is 0 Å². The number of carbonyl (C=O) groups is 1. The molecule has 1 aliphatic rings. The number of alkyl halides is 1. The van der Waals surface area contributed by atoms with E-state index in [4.69, 9.17) is 5.11 Å². The third-order valence-electron chi connectivity index (χ3n) is 2.84. The quantitative estimate of drug-likeness (QED) is 0.836. The van der Waals surface area contributed by atoms with E-state index in [0.29, 0.717) is 18.7 Å². The average Bonchev–Trinajstić information content (AvgIpc) is 2.29. The Morgan fingerprint density at radius 1 is 1.44 bits per heavy atom. The summed E-state index contributed by atoms with van der Waals surface area (Å²) in [4.78, 5) is 12.8. The molecule has 0 unspecified atom stereocenters. The first-order valence-corrected chi connectivity index (χ1v) is 5.40. The molecule has 0 aromatic heterocycles. The number of carboxylic acids is 1. The Labute approximate surface area is 93.5 Å². The first-order chi connectivity index (χ1) is 7.68. The minimum absolute atomic E-state index is 0.247. The lowest BCUT2D eigenvalue weighted by molar-refractivity contribution is 0.0697. The van der Waals surface area contributed by atoms with Gasteiger partial charge in [0.05, 0.1) is 11.3 Å². The second-order valence-electron chi connectivity index (χ2n) is 4.01. The van der Waals surface area contributed by atoms with Crippen LogP contribution in [-0.4, -0.2) is 30.3 Å². The van der Waals surface area contributed by atoms with Crippen LogP contribution in [0.3, 0.4) is 0 Å². The number of carboxylic acid groups (broad SMARTS) is 1. The molecule has 2 rings (SSSR count). The van der Waals surface area contributed by atoms with Crippen molar-refractivity contribution in [3.05, 3.63) is 29.8 Å². The zero-order chi connectivity index (χ0) is 11.5. The van der Waals surface area contributed by atoms with E-state index in [9.17, 15) is 9.18 Å². The van der Waals surface area contributed by atoms with Gasteiger partial charge in [0, 0.05) is 13.1 Å². The molecule has 1 aromatic carbocycles. The fraction of sp³-hybridized carbons (Fsp3) is 0.417. The molecule has 0 radical (unpaired) electrons. The first kappa shape index (κ1) is 10.9. The molecule has 1 saturated heterocycles. The van der Waals surface area contributed by atoms with E-state index < -0.39 is 12.1 Å². The number of halogens is 1. The van der Waals surface area contributed by atoms with Crippen LogP contribution in [0.2, 0.25) is 0 Å². The lowest BCUT2D eigenvalue weighted by Crippen LogP contribution is -2.37. The standard InChI is InChI=1S/C12H14FNO2/c13-9-4-3-7-14(8-9)11-6-2-1-5-10(11)12(15)16/h1-2,5-6,9H,3-4,7-8H2,(H,15,16)/t9-/m1/s1. The molecule has 1 aromatic rings. The van der Waals surface area contributed by atoms with Gasteiger partial charge in [0.25, 0.3) is 0 Å². The second kappa shape index (κ2) is 4.51. The Bertz CT molecular complexity index is 394. The monoisotopic (exact) mass is 223 g/mol. The molecule has 1 aliphatic heterocycles. The Hall–Kier alpha value is -1.58. The van der Waals surface area contributed by atoms with Crippen molar-refractivity contribution in [3.63, 3.8) is 0 Å². The van der Waals surface area contributed by atoms with E-state index in [0.717, 1.165) is 13.0 Å². The van der Waals surface area contributed by atoms with Gasteiger partial charge in [-0.15, -0.1) is 0 Å². The molecule has 0 amide bonds. The van der Waals surface area contributed by atoms with Crippen LogP contribution >= 0.6 is 0 Å². The molecule has 0 spiro atoms. The molecule has 1 fully saturated rings. The van der Waals surface area contributed by atoms with Gasteiger partial charge in [-0.2, -0.15) is 0 Å². The third-order valence-corrected chi connectivity index (χ3v) is 2.84. The average molecular weight is 223 g/mol. The minimum Gasteiger partial charge on any atom is -0.478 e. The highest BCUT2D eigenvalue weighted by atomic mass is 19.1.